The third-order valence-electron chi connectivity index (χ3n) is 8.21. The Morgan fingerprint density at radius 1 is 0.881 bits per heavy atom. The van der Waals surface area contributed by atoms with Crippen LogP contribution in [-0.4, -0.2) is 24.0 Å². The summed E-state index contributed by atoms with van der Waals surface area (Å²) in [7, 11) is 1.84. The van der Waals surface area contributed by atoms with E-state index in [1.807, 2.05) is 80.7 Å². The van der Waals surface area contributed by atoms with Gasteiger partial charge in [0.1, 0.15) is 17.3 Å². The van der Waals surface area contributed by atoms with Crippen molar-refractivity contribution in [3.05, 3.63) is 118 Å². The van der Waals surface area contributed by atoms with Gasteiger partial charge in [-0.2, -0.15) is 5.26 Å². The van der Waals surface area contributed by atoms with E-state index in [0.29, 0.717) is 17.2 Å². The van der Waals surface area contributed by atoms with E-state index < -0.39 is 0 Å². The summed E-state index contributed by atoms with van der Waals surface area (Å²) in [5.74, 6) is 0.292. The minimum atomic E-state index is -0.227. The van der Waals surface area contributed by atoms with E-state index in [-0.39, 0.29) is 11.1 Å². The average molecular weight is 552 g/mol. The Balaban J connectivity index is 1.42. The van der Waals surface area contributed by atoms with Gasteiger partial charge < -0.3 is 5.32 Å². The molecule has 206 valence electrons. The number of hydrogen-bond acceptors (Lipinski definition) is 5. The zero-order chi connectivity index (χ0) is 28.8. The molecule has 0 fully saturated rings. The highest BCUT2D eigenvalue weighted by molar-refractivity contribution is 5.79. The van der Waals surface area contributed by atoms with Crippen LogP contribution in [-0.2, 0) is 19.9 Å². The maximum atomic E-state index is 13.6. The summed E-state index contributed by atoms with van der Waals surface area (Å²) in [6.45, 7) is 1.87. The molecule has 0 amide bonds. The van der Waals surface area contributed by atoms with E-state index in [4.69, 9.17) is 10.1 Å². The molecule has 3 aromatic carbocycles. The van der Waals surface area contributed by atoms with Gasteiger partial charge in [-0.3, -0.25) is 9.48 Å². The number of anilines is 2. The maximum Gasteiger partial charge on any atom is 0.295 e. The molecule has 0 saturated carbocycles. The number of fused-ring (bicyclic) bond motifs is 2. The van der Waals surface area contributed by atoms with Crippen LogP contribution in [0.5, 0.6) is 0 Å². The molecule has 0 atom stereocenters. The molecule has 42 heavy (non-hydrogen) atoms. The Kier molecular flexibility index (Phi) is 6.20. The van der Waals surface area contributed by atoms with Crippen molar-refractivity contribution in [2.75, 3.05) is 5.32 Å². The summed E-state index contributed by atoms with van der Waals surface area (Å²) >= 11 is 0. The molecule has 0 unspecified atom stereocenters. The lowest BCUT2D eigenvalue weighted by Gasteiger charge is -2.17. The molecule has 1 aliphatic carbocycles. The van der Waals surface area contributed by atoms with E-state index in [1.165, 1.54) is 24.0 Å². The van der Waals surface area contributed by atoms with Crippen molar-refractivity contribution in [2.45, 2.75) is 32.6 Å². The molecule has 3 aromatic heterocycles. The van der Waals surface area contributed by atoms with Crippen LogP contribution < -0.4 is 10.9 Å². The second-order valence-electron chi connectivity index (χ2n) is 10.7. The lowest BCUT2D eigenvalue weighted by atomic mass is 9.90. The fourth-order valence-corrected chi connectivity index (χ4v) is 5.89. The van der Waals surface area contributed by atoms with E-state index >= 15 is 0 Å². The van der Waals surface area contributed by atoms with Crippen molar-refractivity contribution in [2.24, 2.45) is 7.05 Å². The summed E-state index contributed by atoms with van der Waals surface area (Å²) in [5, 5.41) is 18.4. The standard InChI is InChI=1S/C34H29N7O/c1-22-31(34(42)41(39(22)2)27-15-7-4-8-16-27)37-32-28(21-35)33-36-29(24-12-5-3-6-13-24)20-30(40(33)38-32)26-18-17-23-11-9-10-14-25(23)19-26/h3-8,12-13,15-20H,9-11,14H2,1-2H3,(H,37,38). The number of aryl methyl sites for hydroxylation is 2. The SMILES string of the molecule is Cc1c(Nc2nn3c(-c4ccc5c(c4)CCCC5)cc(-c4ccccc4)nc3c2C#N)c(=O)n(-c2ccccc2)n1C. The summed E-state index contributed by atoms with van der Waals surface area (Å²) < 4.78 is 5.13. The molecule has 8 heteroatoms. The van der Waals surface area contributed by atoms with Crippen LogP contribution in [0, 0.1) is 18.3 Å². The first-order chi connectivity index (χ1) is 20.5. The van der Waals surface area contributed by atoms with Gasteiger partial charge in [0.2, 0.25) is 0 Å². The van der Waals surface area contributed by atoms with Gasteiger partial charge in [-0.15, -0.1) is 5.10 Å². The number of nitrogens with zero attached hydrogens (tertiary/aromatic N) is 6. The molecule has 0 aliphatic heterocycles. The summed E-state index contributed by atoms with van der Waals surface area (Å²) in [6.07, 6.45) is 4.55. The fraction of sp³-hybridized carbons (Fsp3) is 0.176. The van der Waals surface area contributed by atoms with Crippen molar-refractivity contribution in [3.63, 3.8) is 0 Å². The molecular weight excluding hydrogens is 522 g/mol. The molecular formula is C34H29N7O. The summed E-state index contributed by atoms with van der Waals surface area (Å²) in [5.41, 5.74) is 8.62. The average Bonchev–Trinajstić information content (AvgIpc) is 3.50. The second-order valence-corrected chi connectivity index (χ2v) is 10.7. The van der Waals surface area contributed by atoms with Gasteiger partial charge in [0.25, 0.3) is 5.56 Å². The first-order valence-electron chi connectivity index (χ1n) is 14.2. The van der Waals surface area contributed by atoms with Gasteiger partial charge >= 0.3 is 0 Å². The van der Waals surface area contributed by atoms with Gasteiger partial charge in [-0.05, 0) is 68.0 Å². The number of rotatable bonds is 5. The summed E-state index contributed by atoms with van der Waals surface area (Å²) in [4.78, 5) is 18.6. The molecule has 8 nitrogen and oxygen atoms in total. The molecule has 1 N–H and O–H groups in total. The monoisotopic (exact) mass is 551 g/mol. The molecule has 0 bridgehead atoms. The van der Waals surface area contributed by atoms with E-state index in [1.54, 1.807) is 13.9 Å². The quantitative estimate of drug-likeness (QED) is 0.269. The highest BCUT2D eigenvalue weighted by Crippen LogP contribution is 2.33. The van der Waals surface area contributed by atoms with Crippen molar-refractivity contribution in [3.8, 4) is 34.3 Å². The maximum absolute atomic E-state index is 13.6. The first kappa shape index (κ1) is 25.5. The predicted molar refractivity (Wildman–Crippen MR) is 164 cm³/mol. The third-order valence-corrected chi connectivity index (χ3v) is 8.21. The highest BCUT2D eigenvalue weighted by Gasteiger charge is 2.23. The number of nitrogens with one attached hydrogen (secondary N) is 1. The normalized spacial score (nSPS) is 12.7. The first-order valence-corrected chi connectivity index (χ1v) is 14.2. The van der Waals surface area contributed by atoms with E-state index in [9.17, 15) is 10.1 Å². The second kappa shape index (κ2) is 10.2. The lowest BCUT2D eigenvalue weighted by Crippen LogP contribution is -2.20. The van der Waals surface area contributed by atoms with Gasteiger partial charge in [0.05, 0.1) is 22.8 Å². The number of benzene rings is 3. The van der Waals surface area contributed by atoms with Crippen LogP contribution in [0.25, 0.3) is 33.8 Å². The lowest BCUT2D eigenvalue weighted by molar-refractivity contribution is 0.630. The smallest absolute Gasteiger partial charge is 0.295 e. The molecule has 0 saturated heterocycles. The Morgan fingerprint density at radius 3 is 2.33 bits per heavy atom. The van der Waals surface area contributed by atoms with E-state index in [2.05, 4.69) is 29.6 Å². The zero-order valence-corrected chi connectivity index (χ0v) is 23.5. The van der Waals surface area contributed by atoms with Crippen LogP contribution in [0.15, 0.2) is 89.7 Å². The van der Waals surface area contributed by atoms with Crippen molar-refractivity contribution >= 4 is 17.2 Å². The topological polar surface area (TPSA) is 92.9 Å². The summed E-state index contributed by atoms with van der Waals surface area (Å²) in [6, 6.07) is 30.4. The Labute approximate surface area is 243 Å². The van der Waals surface area contributed by atoms with Crippen LogP contribution >= 0.6 is 0 Å². The minimum Gasteiger partial charge on any atom is -0.331 e. The Bertz CT molecular complexity index is 2060. The van der Waals surface area contributed by atoms with Crippen molar-refractivity contribution < 1.29 is 0 Å². The van der Waals surface area contributed by atoms with Crippen LogP contribution in [0.2, 0.25) is 0 Å². The molecule has 0 spiro atoms. The largest absolute Gasteiger partial charge is 0.331 e. The molecule has 6 aromatic rings. The van der Waals surface area contributed by atoms with Crippen molar-refractivity contribution in [1.29, 1.82) is 5.26 Å². The van der Waals surface area contributed by atoms with Gasteiger partial charge in [0, 0.05) is 18.2 Å². The fourth-order valence-electron chi connectivity index (χ4n) is 5.89. The van der Waals surface area contributed by atoms with Gasteiger partial charge in [0.15, 0.2) is 11.5 Å². The highest BCUT2D eigenvalue weighted by atomic mass is 16.1. The molecule has 1 aliphatic rings. The number of nitriles is 1. The van der Waals surface area contributed by atoms with Crippen LogP contribution in [0.1, 0.15) is 35.2 Å². The number of para-hydroxylation sites is 1. The molecule has 3 heterocycles. The minimum absolute atomic E-state index is 0.227. The van der Waals surface area contributed by atoms with Gasteiger partial charge in [-0.25, -0.2) is 14.2 Å². The molecule has 0 radical (unpaired) electrons. The van der Waals surface area contributed by atoms with E-state index in [0.717, 1.165) is 46.7 Å². The zero-order valence-electron chi connectivity index (χ0n) is 23.5. The predicted octanol–water partition coefficient (Wildman–Crippen LogP) is 6.36. The van der Waals surface area contributed by atoms with Crippen LogP contribution in [0.3, 0.4) is 0 Å². The Hall–Kier alpha value is -5.42. The number of hydrogen-bond donors (Lipinski definition) is 1. The Morgan fingerprint density at radius 2 is 1.60 bits per heavy atom. The third kappa shape index (κ3) is 4.18. The van der Waals surface area contributed by atoms with Crippen molar-refractivity contribution in [1.82, 2.24) is 24.0 Å². The molecule has 7 rings (SSSR count). The van der Waals surface area contributed by atoms with Crippen LogP contribution in [0.4, 0.5) is 11.5 Å². The van der Waals surface area contributed by atoms with Gasteiger partial charge in [-0.1, -0.05) is 60.7 Å². The number of aromatic nitrogens is 5.